The van der Waals surface area contributed by atoms with Crippen LogP contribution in [0.4, 0.5) is 0 Å². The van der Waals surface area contributed by atoms with E-state index in [4.69, 9.17) is 5.11 Å². The molecule has 5 heteroatoms. The third-order valence-electron chi connectivity index (χ3n) is 3.26. The summed E-state index contributed by atoms with van der Waals surface area (Å²) in [7, 11) is 0. The number of hydrogen-bond donors (Lipinski definition) is 2. The Morgan fingerprint density at radius 1 is 1.42 bits per heavy atom. The lowest BCUT2D eigenvalue weighted by molar-refractivity contribution is 0.0698. The average molecular weight is 262 g/mol. The molecule has 0 aliphatic heterocycles. The van der Waals surface area contributed by atoms with Crippen LogP contribution in [-0.2, 0) is 6.54 Å². The molecule has 0 atom stereocenters. The van der Waals surface area contributed by atoms with E-state index >= 15 is 0 Å². The third kappa shape index (κ3) is 2.76. The number of para-hydroxylation sites is 1. The SMILES string of the molecule is CC(C)(CCO)Cn1cnc2cccc(C(=O)O)c21. The van der Waals surface area contributed by atoms with Crippen molar-refractivity contribution in [2.75, 3.05) is 6.61 Å². The monoisotopic (exact) mass is 262 g/mol. The summed E-state index contributed by atoms with van der Waals surface area (Å²) < 4.78 is 1.86. The number of aliphatic hydroxyl groups excluding tert-OH is 1. The molecule has 1 heterocycles. The molecule has 0 aliphatic carbocycles. The second-order valence-electron chi connectivity index (χ2n) is 5.49. The van der Waals surface area contributed by atoms with E-state index in [1.54, 1.807) is 24.5 Å². The van der Waals surface area contributed by atoms with Gasteiger partial charge in [0.05, 0.1) is 22.9 Å². The Morgan fingerprint density at radius 2 is 2.16 bits per heavy atom. The lowest BCUT2D eigenvalue weighted by Gasteiger charge is -2.24. The van der Waals surface area contributed by atoms with Gasteiger partial charge in [0.15, 0.2) is 0 Å². The fourth-order valence-electron chi connectivity index (χ4n) is 2.26. The topological polar surface area (TPSA) is 75.3 Å². The van der Waals surface area contributed by atoms with Crippen LogP contribution in [0.25, 0.3) is 11.0 Å². The first-order valence-corrected chi connectivity index (χ1v) is 6.22. The summed E-state index contributed by atoms with van der Waals surface area (Å²) in [5.41, 5.74) is 1.46. The Balaban J connectivity index is 2.47. The average Bonchev–Trinajstić information content (AvgIpc) is 2.71. The summed E-state index contributed by atoms with van der Waals surface area (Å²) in [4.78, 5) is 15.5. The van der Waals surface area contributed by atoms with Gasteiger partial charge in [-0.3, -0.25) is 0 Å². The van der Waals surface area contributed by atoms with Gasteiger partial charge in [-0.1, -0.05) is 19.9 Å². The van der Waals surface area contributed by atoms with E-state index in [1.165, 1.54) is 0 Å². The fraction of sp³-hybridized carbons (Fsp3) is 0.429. The number of nitrogens with zero attached hydrogens (tertiary/aromatic N) is 2. The number of hydrogen-bond acceptors (Lipinski definition) is 3. The Morgan fingerprint density at radius 3 is 2.79 bits per heavy atom. The molecular formula is C14H18N2O3. The zero-order valence-electron chi connectivity index (χ0n) is 11.1. The summed E-state index contributed by atoms with van der Waals surface area (Å²) in [5, 5.41) is 18.3. The molecular weight excluding hydrogens is 244 g/mol. The molecule has 102 valence electrons. The van der Waals surface area contributed by atoms with Gasteiger partial charge in [-0.05, 0) is 24.0 Å². The van der Waals surface area contributed by atoms with E-state index in [0.717, 1.165) is 0 Å². The molecule has 0 bridgehead atoms. The van der Waals surface area contributed by atoms with Crippen molar-refractivity contribution in [2.24, 2.45) is 5.41 Å². The van der Waals surface area contributed by atoms with E-state index in [-0.39, 0.29) is 17.6 Å². The molecule has 0 aliphatic rings. The van der Waals surface area contributed by atoms with Gasteiger partial charge >= 0.3 is 5.97 Å². The number of aromatic carboxylic acids is 1. The largest absolute Gasteiger partial charge is 0.478 e. The summed E-state index contributed by atoms with van der Waals surface area (Å²) >= 11 is 0. The Kier molecular flexibility index (Phi) is 3.57. The van der Waals surface area contributed by atoms with E-state index in [2.05, 4.69) is 4.98 Å². The molecule has 19 heavy (non-hydrogen) atoms. The van der Waals surface area contributed by atoms with Crippen LogP contribution in [-0.4, -0.2) is 32.3 Å². The highest BCUT2D eigenvalue weighted by Gasteiger charge is 2.21. The molecule has 0 spiro atoms. The molecule has 0 radical (unpaired) electrons. The molecule has 2 rings (SSSR count). The van der Waals surface area contributed by atoms with E-state index in [0.29, 0.717) is 24.0 Å². The minimum atomic E-state index is -0.952. The Labute approximate surface area is 111 Å². The molecule has 0 amide bonds. The van der Waals surface area contributed by atoms with Gasteiger partial charge in [0.2, 0.25) is 0 Å². The number of fused-ring (bicyclic) bond motifs is 1. The van der Waals surface area contributed by atoms with Crippen LogP contribution >= 0.6 is 0 Å². The van der Waals surface area contributed by atoms with Crippen molar-refractivity contribution < 1.29 is 15.0 Å². The number of carboxylic acids is 1. The van der Waals surface area contributed by atoms with Crippen LogP contribution < -0.4 is 0 Å². The normalized spacial score (nSPS) is 11.9. The smallest absolute Gasteiger partial charge is 0.337 e. The highest BCUT2D eigenvalue weighted by atomic mass is 16.4. The van der Waals surface area contributed by atoms with Crippen molar-refractivity contribution >= 4 is 17.0 Å². The molecule has 0 saturated carbocycles. The van der Waals surface area contributed by atoms with E-state index in [9.17, 15) is 9.90 Å². The number of carboxylic acid groups (broad SMARTS) is 1. The second kappa shape index (κ2) is 5.01. The minimum Gasteiger partial charge on any atom is -0.478 e. The van der Waals surface area contributed by atoms with E-state index < -0.39 is 5.97 Å². The van der Waals surface area contributed by atoms with Crippen molar-refractivity contribution in [1.29, 1.82) is 0 Å². The predicted octanol–water partition coefficient (Wildman–Crippen LogP) is 2.14. The summed E-state index contributed by atoms with van der Waals surface area (Å²) in [6.07, 6.45) is 2.32. The summed E-state index contributed by atoms with van der Waals surface area (Å²) in [6.45, 7) is 4.82. The summed E-state index contributed by atoms with van der Waals surface area (Å²) in [5.74, 6) is -0.952. The number of benzene rings is 1. The number of aromatic nitrogens is 2. The molecule has 1 aromatic carbocycles. The molecule has 0 unspecified atom stereocenters. The van der Waals surface area contributed by atoms with Gasteiger partial charge < -0.3 is 14.8 Å². The standard InChI is InChI=1S/C14H18N2O3/c1-14(2,6-7-17)8-16-9-15-11-5-3-4-10(12(11)16)13(18)19/h3-5,9,17H,6-8H2,1-2H3,(H,18,19). The zero-order valence-corrected chi connectivity index (χ0v) is 11.1. The maximum atomic E-state index is 11.3. The number of imidazole rings is 1. The maximum absolute atomic E-state index is 11.3. The molecule has 0 saturated heterocycles. The van der Waals surface area contributed by atoms with Gasteiger partial charge in [-0.15, -0.1) is 0 Å². The van der Waals surface area contributed by atoms with Crippen LogP contribution in [0.5, 0.6) is 0 Å². The first-order valence-electron chi connectivity index (χ1n) is 6.22. The maximum Gasteiger partial charge on any atom is 0.337 e. The van der Waals surface area contributed by atoms with Gasteiger partial charge in [-0.25, -0.2) is 9.78 Å². The van der Waals surface area contributed by atoms with Gasteiger partial charge in [0.1, 0.15) is 0 Å². The summed E-state index contributed by atoms with van der Waals surface area (Å²) in [6, 6.07) is 5.08. The van der Waals surface area contributed by atoms with Gasteiger partial charge in [0.25, 0.3) is 0 Å². The Hall–Kier alpha value is -1.88. The first-order chi connectivity index (χ1) is 8.94. The van der Waals surface area contributed by atoms with Crippen LogP contribution in [0.15, 0.2) is 24.5 Å². The highest BCUT2D eigenvalue weighted by molar-refractivity contribution is 6.01. The Bertz CT molecular complexity index is 602. The quantitative estimate of drug-likeness (QED) is 0.865. The first kappa shape index (κ1) is 13.5. The van der Waals surface area contributed by atoms with Crippen LogP contribution in [0.3, 0.4) is 0 Å². The van der Waals surface area contributed by atoms with Crippen LogP contribution in [0, 0.1) is 5.41 Å². The van der Waals surface area contributed by atoms with Crippen molar-refractivity contribution in [3.63, 3.8) is 0 Å². The molecule has 0 fully saturated rings. The predicted molar refractivity (Wildman–Crippen MR) is 72.2 cm³/mol. The minimum absolute atomic E-state index is 0.116. The van der Waals surface area contributed by atoms with Crippen LogP contribution in [0.1, 0.15) is 30.6 Å². The molecule has 5 nitrogen and oxygen atoms in total. The number of aliphatic hydroxyl groups is 1. The fourth-order valence-corrected chi connectivity index (χ4v) is 2.26. The van der Waals surface area contributed by atoms with E-state index in [1.807, 2.05) is 18.4 Å². The zero-order chi connectivity index (χ0) is 14.0. The highest BCUT2D eigenvalue weighted by Crippen LogP contribution is 2.26. The van der Waals surface area contributed by atoms with Gasteiger partial charge in [0, 0.05) is 13.2 Å². The lowest BCUT2D eigenvalue weighted by Crippen LogP contribution is -2.21. The van der Waals surface area contributed by atoms with Crippen molar-refractivity contribution in [1.82, 2.24) is 9.55 Å². The van der Waals surface area contributed by atoms with Crippen molar-refractivity contribution in [2.45, 2.75) is 26.8 Å². The van der Waals surface area contributed by atoms with Crippen molar-refractivity contribution in [3.05, 3.63) is 30.1 Å². The molecule has 1 aromatic heterocycles. The van der Waals surface area contributed by atoms with Gasteiger partial charge in [-0.2, -0.15) is 0 Å². The van der Waals surface area contributed by atoms with Crippen LogP contribution in [0.2, 0.25) is 0 Å². The molecule has 2 N–H and O–H groups in total. The third-order valence-corrected chi connectivity index (χ3v) is 3.26. The second-order valence-corrected chi connectivity index (χ2v) is 5.49. The van der Waals surface area contributed by atoms with Crippen molar-refractivity contribution in [3.8, 4) is 0 Å². The number of rotatable bonds is 5. The molecule has 2 aromatic rings. The lowest BCUT2D eigenvalue weighted by atomic mass is 9.89. The number of carbonyl (C=O) groups is 1.